The maximum absolute atomic E-state index is 4.31. The molecule has 0 bridgehead atoms. The van der Waals surface area contributed by atoms with Crippen molar-refractivity contribution in [3.8, 4) is 0 Å². The molecule has 0 spiro atoms. The van der Waals surface area contributed by atoms with Gasteiger partial charge in [-0.05, 0) is 32.8 Å². The van der Waals surface area contributed by atoms with Crippen LogP contribution in [-0.2, 0) is 0 Å². The quantitative estimate of drug-likeness (QED) is 0.624. The molecule has 1 N–H and O–H groups in total. The normalized spacial score (nSPS) is 13.7. The van der Waals surface area contributed by atoms with E-state index in [4.69, 9.17) is 0 Å². The first-order chi connectivity index (χ1) is 7.93. The molecule has 3 nitrogen and oxygen atoms in total. The number of aromatic nitrogens is 2. The van der Waals surface area contributed by atoms with Crippen LogP contribution in [0, 0.1) is 6.92 Å². The number of hydrogen-bond donors (Lipinski definition) is 1. The highest BCUT2D eigenvalue weighted by molar-refractivity contribution is 7.99. The molecule has 0 aliphatic rings. The van der Waals surface area contributed by atoms with Gasteiger partial charge in [-0.1, -0.05) is 25.6 Å². The number of nitrogens with zero attached hydrogens (tertiary/aromatic N) is 2. The Morgan fingerprint density at radius 2 is 1.94 bits per heavy atom. The molecule has 0 saturated carbocycles. The molecule has 1 unspecified atom stereocenters. The van der Waals surface area contributed by atoms with E-state index >= 15 is 0 Å². The van der Waals surface area contributed by atoms with Crippen molar-refractivity contribution >= 4 is 11.8 Å². The monoisotopic (exact) mass is 253 g/mol. The summed E-state index contributed by atoms with van der Waals surface area (Å²) < 4.78 is 0. The Balaban J connectivity index is 2.39. The predicted octanol–water partition coefficient (Wildman–Crippen LogP) is 3.04. The lowest BCUT2D eigenvalue weighted by Crippen LogP contribution is -2.41. The summed E-state index contributed by atoms with van der Waals surface area (Å²) in [6.45, 7) is 11.8. The van der Waals surface area contributed by atoms with Crippen LogP contribution >= 0.6 is 11.8 Å². The molecule has 1 rings (SSSR count). The molecular weight excluding hydrogens is 230 g/mol. The molecule has 0 saturated heterocycles. The minimum Gasteiger partial charge on any atom is -0.311 e. The summed E-state index contributed by atoms with van der Waals surface area (Å²) in [5, 5.41) is 4.90. The minimum atomic E-state index is 0.211. The average Bonchev–Trinajstić information content (AvgIpc) is 2.30. The van der Waals surface area contributed by atoms with E-state index in [0.717, 1.165) is 23.7 Å². The van der Waals surface area contributed by atoms with Gasteiger partial charge in [0.15, 0.2) is 5.16 Å². The van der Waals surface area contributed by atoms with E-state index < -0.39 is 0 Å². The van der Waals surface area contributed by atoms with Gasteiger partial charge in [0.25, 0.3) is 0 Å². The van der Waals surface area contributed by atoms with Gasteiger partial charge in [0.1, 0.15) is 0 Å². The zero-order valence-electron chi connectivity index (χ0n) is 11.4. The largest absolute Gasteiger partial charge is 0.311 e. The van der Waals surface area contributed by atoms with Crippen molar-refractivity contribution in [1.82, 2.24) is 15.3 Å². The summed E-state index contributed by atoms with van der Waals surface area (Å²) in [4.78, 5) is 8.61. The van der Waals surface area contributed by atoms with E-state index in [9.17, 15) is 0 Å². The van der Waals surface area contributed by atoms with Crippen molar-refractivity contribution < 1.29 is 0 Å². The Morgan fingerprint density at radius 3 is 2.47 bits per heavy atom. The summed E-state index contributed by atoms with van der Waals surface area (Å²) in [6, 6.07) is 0. The van der Waals surface area contributed by atoms with Gasteiger partial charge in [0, 0.05) is 29.7 Å². The minimum absolute atomic E-state index is 0.211. The second kappa shape index (κ2) is 6.36. The van der Waals surface area contributed by atoms with Gasteiger partial charge in [-0.2, -0.15) is 0 Å². The summed E-state index contributed by atoms with van der Waals surface area (Å²) in [5.41, 5.74) is 1.32. The van der Waals surface area contributed by atoms with Crippen LogP contribution < -0.4 is 5.32 Å². The van der Waals surface area contributed by atoms with Crippen molar-refractivity contribution in [2.75, 3.05) is 6.54 Å². The summed E-state index contributed by atoms with van der Waals surface area (Å²) >= 11 is 1.72. The lowest BCUT2D eigenvalue weighted by molar-refractivity contribution is 0.379. The van der Waals surface area contributed by atoms with Crippen molar-refractivity contribution in [2.24, 2.45) is 0 Å². The Hall–Kier alpha value is -0.610. The van der Waals surface area contributed by atoms with E-state index in [1.807, 2.05) is 19.3 Å². The number of thioether (sulfide) groups is 1. The van der Waals surface area contributed by atoms with Crippen LogP contribution in [-0.4, -0.2) is 27.3 Å². The van der Waals surface area contributed by atoms with Gasteiger partial charge in [-0.25, -0.2) is 9.97 Å². The molecule has 0 amide bonds. The Kier molecular flexibility index (Phi) is 5.40. The SMILES string of the molecule is CCC(C)(C)NCC(C)Sc1ncc(C)cn1. The second-order valence-corrected chi connectivity index (χ2v) is 6.50. The fourth-order valence-corrected chi connectivity index (χ4v) is 1.96. The van der Waals surface area contributed by atoms with Gasteiger partial charge in [-0.3, -0.25) is 0 Å². The van der Waals surface area contributed by atoms with Gasteiger partial charge < -0.3 is 5.32 Å². The molecule has 1 aromatic rings. The molecule has 1 atom stereocenters. The van der Waals surface area contributed by atoms with Crippen LogP contribution in [0.15, 0.2) is 17.6 Å². The maximum atomic E-state index is 4.31. The molecule has 4 heteroatoms. The predicted molar refractivity (Wildman–Crippen MR) is 74.5 cm³/mol. The van der Waals surface area contributed by atoms with Gasteiger partial charge in [-0.15, -0.1) is 0 Å². The van der Waals surface area contributed by atoms with E-state index in [1.54, 1.807) is 11.8 Å². The Bertz CT molecular complexity index is 335. The standard InChI is InChI=1S/C13H23N3S/c1-6-13(4,5)16-9-11(3)17-12-14-7-10(2)8-15-12/h7-8,11,16H,6,9H2,1-5H3. The van der Waals surface area contributed by atoms with Gasteiger partial charge >= 0.3 is 0 Å². The van der Waals surface area contributed by atoms with E-state index in [0.29, 0.717) is 5.25 Å². The first-order valence-electron chi connectivity index (χ1n) is 6.13. The van der Waals surface area contributed by atoms with Gasteiger partial charge in [0.05, 0.1) is 0 Å². The molecule has 0 aromatic carbocycles. The molecule has 1 heterocycles. The fourth-order valence-electron chi connectivity index (χ4n) is 1.21. The Morgan fingerprint density at radius 1 is 1.35 bits per heavy atom. The molecule has 1 aromatic heterocycles. The number of aryl methyl sites for hydroxylation is 1. The maximum Gasteiger partial charge on any atom is 0.187 e. The zero-order chi connectivity index (χ0) is 12.9. The van der Waals surface area contributed by atoms with Crippen LogP contribution in [0.4, 0.5) is 0 Å². The topological polar surface area (TPSA) is 37.8 Å². The summed E-state index contributed by atoms with van der Waals surface area (Å²) in [6.07, 6.45) is 4.86. The van der Waals surface area contributed by atoms with Crippen LogP contribution in [0.3, 0.4) is 0 Å². The lowest BCUT2D eigenvalue weighted by atomic mass is 10.0. The van der Waals surface area contributed by atoms with Crippen LogP contribution in [0.5, 0.6) is 0 Å². The highest BCUT2D eigenvalue weighted by Crippen LogP contribution is 2.19. The molecule has 0 aliphatic heterocycles. The first-order valence-corrected chi connectivity index (χ1v) is 7.01. The van der Waals surface area contributed by atoms with E-state index in [2.05, 4.69) is 43.0 Å². The number of rotatable bonds is 6. The van der Waals surface area contributed by atoms with E-state index in [-0.39, 0.29) is 5.54 Å². The van der Waals surface area contributed by atoms with Crippen LogP contribution in [0.1, 0.15) is 39.7 Å². The zero-order valence-corrected chi connectivity index (χ0v) is 12.3. The third-order valence-electron chi connectivity index (χ3n) is 2.82. The first kappa shape index (κ1) is 14.5. The Labute approximate surface area is 109 Å². The molecule has 96 valence electrons. The van der Waals surface area contributed by atoms with Crippen molar-refractivity contribution in [1.29, 1.82) is 0 Å². The highest BCUT2D eigenvalue weighted by Gasteiger charge is 2.15. The third-order valence-corrected chi connectivity index (χ3v) is 3.81. The summed E-state index contributed by atoms with van der Waals surface area (Å²) in [5.74, 6) is 0. The third kappa shape index (κ3) is 5.50. The molecule has 0 radical (unpaired) electrons. The average molecular weight is 253 g/mol. The van der Waals surface area contributed by atoms with Crippen LogP contribution in [0.2, 0.25) is 0 Å². The number of hydrogen-bond acceptors (Lipinski definition) is 4. The van der Waals surface area contributed by atoms with Crippen molar-refractivity contribution in [3.05, 3.63) is 18.0 Å². The molecule has 0 fully saturated rings. The number of nitrogens with one attached hydrogen (secondary N) is 1. The molecule has 17 heavy (non-hydrogen) atoms. The lowest BCUT2D eigenvalue weighted by Gasteiger charge is -2.26. The smallest absolute Gasteiger partial charge is 0.187 e. The van der Waals surface area contributed by atoms with E-state index in [1.165, 1.54) is 0 Å². The van der Waals surface area contributed by atoms with Crippen molar-refractivity contribution in [2.45, 2.75) is 57.0 Å². The second-order valence-electron chi connectivity index (χ2n) is 5.09. The molecule has 0 aliphatic carbocycles. The fraction of sp³-hybridized carbons (Fsp3) is 0.692. The van der Waals surface area contributed by atoms with Crippen LogP contribution in [0.25, 0.3) is 0 Å². The highest BCUT2D eigenvalue weighted by atomic mass is 32.2. The molecular formula is C13H23N3S. The van der Waals surface area contributed by atoms with Crippen molar-refractivity contribution in [3.63, 3.8) is 0 Å². The van der Waals surface area contributed by atoms with Gasteiger partial charge in [0.2, 0.25) is 0 Å². The summed E-state index contributed by atoms with van der Waals surface area (Å²) in [7, 11) is 0.